The van der Waals surface area contributed by atoms with Crippen molar-refractivity contribution in [2.75, 3.05) is 6.61 Å². The third kappa shape index (κ3) is 3.42. The molecule has 10 heavy (non-hydrogen) atoms. The first-order valence-corrected chi connectivity index (χ1v) is 3.24. The topological polar surface area (TPSA) is 75.3 Å². The van der Waals surface area contributed by atoms with Crippen LogP contribution in [0.2, 0.25) is 0 Å². The minimum Gasteiger partial charge on any atom is -0.394 e. The monoisotopic (exact) mass is 146 g/mol. The summed E-state index contributed by atoms with van der Waals surface area (Å²) in [5, 5.41) is 11.4. The zero-order valence-corrected chi connectivity index (χ0v) is 6.29. The first-order chi connectivity index (χ1) is 4.57. The van der Waals surface area contributed by atoms with E-state index in [1.54, 1.807) is 0 Å². The Morgan fingerprint density at radius 1 is 1.70 bits per heavy atom. The van der Waals surface area contributed by atoms with Crippen molar-refractivity contribution < 1.29 is 9.90 Å². The van der Waals surface area contributed by atoms with Crippen LogP contribution in [0.15, 0.2) is 0 Å². The molecule has 0 radical (unpaired) electrons. The number of primary amides is 1. The van der Waals surface area contributed by atoms with Crippen LogP contribution >= 0.6 is 0 Å². The van der Waals surface area contributed by atoms with Gasteiger partial charge < -0.3 is 16.2 Å². The van der Waals surface area contributed by atoms with Crippen LogP contribution < -0.4 is 11.1 Å². The quantitative estimate of drug-likeness (QED) is 0.468. The van der Waals surface area contributed by atoms with Crippen LogP contribution in [-0.4, -0.2) is 29.7 Å². The molecule has 4 heteroatoms. The fourth-order valence-electron chi connectivity index (χ4n) is 0.627. The van der Waals surface area contributed by atoms with Gasteiger partial charge in [0, 0.05) is 6.04 Å². The molecule has 0 saturated carbocycles. The van der Waals surface area contributed by atoms with Gasteiger partial charge in [0.25, 0.3) is 0 Å². The largest absolute Gasteiger partial charge is 0.394 e. The summed E-state index contributed by atoms with van der Waals surface area (Å²) in [6, 6.07) is -0.454. The maximum Gasteiger partial charge on any atom is 0.236 e. The Hall–Kier alpha value is -0.610. The normalized spacial score (nSPS) is 13.6. The van der Waals surface area contributed by atoms with E-state index in [4.69, 9.17) is 10.8 Å². The smallest absolute Gasteiger partial charge is 0.236 e. The molecule has 0 aromatic carbocycles. The maximum atomic E-state index is 10.5. The third-order valence-electron chi connectivity index (χ3n) is 1.06. The van der Waals surface area contributed by atoms with E-state index in [-0.39, 0.29) is 12.6 Å². The van der Waals surface area contributed by atoms with Crippen molar-refractivity contribution in [2.24, 2.45) is 5.73 Å². The SMILES string of the molecule is CC(C)N[C@H](CO)C(N)=O. The fraction of sp³-hybridized carbons (Fsp3) is 0.833. The highest BCUT2D eigenvalue weighted by molar-refractivity contribution is 5.79. The predicted molar refractivity (Wildman–Crippen MR) is 38.3 cm³/mol. The van der Waals surface area contributed by atoms with E-state index in [9.17, 15) is 4.79 Å². The average Bonchev–Trinajstić information content (AvgIpc) is 1.81. The van der Waals surface area contributed by atoms with Gasteiger partial charge >= 0.3 is 0 Å². The molecule has 4 nitrogen and oxygen atoms in total. The molecule has 0 heterocycles. The number of nitrogens with one attached hydrogen (secondary N) is 1. The Balaban J connectivity index is 3.72. The second kappa shape index (κ2) is 4.24. The molecule has 0 aliphatic carbocycles. The van der Waals surface area contributed by atoms with Crippen molar-refractivity contribution in [3.63, 3.8) is 0 Å². The van der Waals surface area contributed by atoms with E-state index >= 15 is 0 Å². The van der Waals surface area contributed by atoms with E-state index in [0.29, 0.717) is 0 Å². The molecule has 0 aliphatic rings. The minimum absolute atomic E-state index is 0.157. The Morgan fingerprint density at radius 3 is 2.30 bits per heavy atom. The summed E-state index contributed by atoms with van der Waals surface area (Å²) < 4.78 is 0. The van der Waals surface area contributed by atoms with Gasteiger partial charge in [0.2, 0.25) is 5.91 Å². The molecule has 0 bridgehead atoms. The van der Waals surface area contributed by atoms with Crippen LogP contribution in [-0.2, 0) is 4.79 Å². The molecular formula is C6H14N2O2. The van der Waals surface area contributed by atoms with Crippen molar-refractivity contribution in [2.45, 2.75) is 25.9 Å². The predicted octanol–water partition coefficient (Wildman–Crippen LogP) is -1.17. The van der Waals surface area contributed by atoms with Crippen LogP contribution in [0.25, 0.3) is 0 Å². The summed E-state index contributed by atoms with van der Waals surface area (Å²) in [5.74, 6) is -0.517. The van der Waals surface area contributed by atoms with Crippen molar-refractivity contribution in [3.8, 4) is 0 Å². The third-order valence-corrected chi connectivity index (χ3v) is 1.06. The Labute approximate surface area is 60.4 Å². The maximum absolute atomic E-state index is 10.5. The molecule has 0 spiro atoms. The number of hydrogen-bond donors (Lipinski definition) is 3. The molecular weight excluding hydrogens is 132 g/mol. The second-order valence-electron chi connectivity index (χ2n) is 2.46. The number of aliphatic hydroxyl groups excluding tert-OH is 1. The van der Waals surface area contributed by atoms with Crippen molar-refractivity contribution in [1.82, 2.24) is 5.32 Å². The fourth-order valence-corrected chi connectivity index (χ4v) is 0.627. The van der Waals surface area contributed by atoms with Crippen LogP contribution in [0.3, 0.4) is 0 Å². The first kappa shape index (κ1) is 9.39. The lowest BCUT2D eigenvalue weighted by molar-refractivity contribution is -0.121. The van der Waals surface area contributed by atoms with Gasteiger partial charge in [0.05, 0.1) is 6.61 Å². The number of carbonyl (C=O) groups is 1. The summed E-state index contributed by atoms with van der Waals surface area (Å²) in [5.41, 5.74) is 4.93. The molecule has 1 atom stereocenters. The van der Waals surface area contributed by atoms with Gasteiger partial charge in [-0.25, -0.2) is 0 Å². The Bertz CT molecular complexity index is 114. The summed E-state index contributed by atoms with van der Waals surface area (Å²) in [6.07, 6.45) is 0. The van der Waals surface area contributed by atoms with E-state index in [2.05, 4.69) is 5.32 Å². The van der Waals surface area contributed by atoms with Gasteiger partial charge in [-0.2, -0.15) is 0 Å². The molecule has 0 fully saturated rings. The number of nitrogens with two attached hydrogens (primary N) is 1. The number of rotatable bonds is 4. The van der Waals surface area contributed by atoms with Gasteiger partial charge in [-0.1, -0.05) is 13.8 Å². The van der Waals surface area contributed by atoms with E-state index in [0.717, 1.165) is 0 Å². The molecule has 0 rings (SSSR count). The van der Waals surface area contributed by atoms with Crippen molar-refractivity contribution in [1.29, 1.82) is 0 Å². The van der Waals surface area contributed by atoms with Crippen LogP contribution in [0, 0.1) is 0 Å². The summed E-state index contributed by atoms with van der Waals surface area (Å²) in [4.78, 5) is 10.5. The number of amides is 1. The molecule has 60 valence electrons. The standard InChI is InChI=1S/C6H14N2O2/c1-4(2)8-5(3-9)6(7)10/h4-5,8-9H,3H2,1-2H3,(H2,7,10)/t5-/m1/s1. The Morgan fingerprint density at radius 2 is 2.20 bits per heavy atom. The number of hydrogen-bond acceptors (Lipinski definition) is 3. The van der Waals surface area contributed by atoms with E-state index in [1.807, 2.05) is 13.8 Å². The van der Waals surface area contributed by atoms with E-state index < -0.39 is 11.9 Å². The van der Waals surface area contributed by atoms with Crippen LogP contribution in [0.1, 0.15) is 13.8 Å². The molecule has 0 aromatic heterocycles. The molecule has 1 amide bonds. The van der Waals surface area contributed by atoms with E-state index in [1.165, 1.54) is 0 Å². The lowest BCUT2D eigenvalue weighted by atomic mass is 10.2. The number of aliphatic hydroxyl groups is 1. The second-order valence-corrected chi connectivity index (χ2v) is 2.46. The summed E-state index contributed by atoms with van der Waals surface area (Å²) in [6.45, 7) is 3.52. The van der Waals surface area contributed by atoms with Gasteiger partial charge in [-0.3, -0.25) is 4.79 Å². The van der Waals surface area contributed by atoms with Crippen LogP contribution in [0.5, 0.6) is 0 Å². The van der Waals surface area contributed by atoms with Crippen molar-refractivity contribution in [3.05, 3.63) is 0 Å². The summed E-state index contributed by atoms with van der Waals surface area (Å²) in [7, 11) is 0. The average molecular weight is 146 g/mol. The lowest BCUT2D eigenvalue weighted by Crippen LogP contribution is -2.46. The van der Waals surface area contributed by atoms with Gasteiger partial charge in [0.1, 0.15) is 6.04 Å². The number of carbonyl (C=O) groups excluding carboxylic acids is 1. The Kier molecular flexibility index (Phi) is 3.99. The molecule has 4 N–H and O–H groups in total. The molecule has 0 saturated heterocycles. The lowest BCUT2D eigenvalue weighted by Gasteiger charge is -2.14. The minimum atomic E-state index is -0.611. The highest BCUT2D eigenvalue weighted by Gasteiger charge is 2.13. The zero-order chi connectivity index (χ0) is 8.15. The zero-order valence-electron chi connectivity index (χ0n) is 6.29. The van der Waals surface area contributed by atoms with Crippen molar-refractivity contribution >= 4 is 5.91 Å². The molecule has 0 unspecified atom stereocenters. The van der Waals surface area contributed by atoms with Crippen LogP contribution in [0.4, 0.5) is 0 Å². The molecule has 0 aliphatic heterocycles. The highest BCUT2D eigenvalue weighted by Crippen LogP contribution is 1.84. The highest BCUT2D eigenvalue weighted by atomic mass is 16.3. The molecule has 0 aromatic rings. The van der Waals surface area contributed by atoms with Gasteiger partial charge in [0.15, 0.2) is 0 Å². The summed E-state index contributed by atoms with van der Waals surface area (Å²) >= 11 is 0. The van der Waals surface area contributed by atoms with Gasteiger partial charge in [-0.05, 0) is 0 Å². The van der Waals surface area contributed by atoms with Gasteiger partial charge in [-0.15, -0.1) is 0 Å². The first-order valence-electron chi connectivity index (χ1n) is 3.24.